The molecule has 0 aromatic heterocycles. The number of amides is 1. The monoisotopic (exact) mass is 279 g/mol. The highest BCUT2D eigenvalue weighted by Crippen LogP contribution is 2.28. The Balaban J connectivity index is 2.19. The number of carboxylic acid groups (broad SMARTS) is 1. The Hall–Kier alpha value is -1.49. The van der Waals surface area contributed by atoms with Gasteiger partial charge in [0.1, 0.15) is 6.04 Å². The van der Waals surface area contributed by atoms with E-state index in [1.165, 1.54) is 16.7 Å². The molecule has 0 aliphatic carbocycles. The molecule has 102 valence electrons. The number of carbonyl (C=O) groups is 2. The maximum atomic E-state index is 12.5. The van der Waals surface area contributed by atoms with E-state index in [4.69, 9.17) is 5.11 Å². The lowest BCUT2D eigenvalue weighted by atomic mass is 9.95. The first kappa shape index (κ1) is 13.9. The molecule has 0 spiro atoms. The van der Waals surface area contributed by atoms with Gasteiger partial charge < -0.3 is 10.0 Å². The number of nitrogens with zero attached hydrogens (tertiary/aromatic N) is 1. The first-order chi connectivity index (χ1) is 9.15. The van der Waals surface area contributed by atoms with Gasteiger partial charge >= 0.3 is 5.97 Å². The van der Waals surface area contributed by atoms with E-state index in [0.717, 1.165) is 5.56 Å². The SMILES string of the molecule is CCC(C(=O)N1CSCC1C(=O)O)c1ccccc1. The van der Waals surface area contributed by atoms with Crippen molar-refractivity contribution in [2.45, 2.75) is 25.3 Å². The molecule has 2 atom stereocenters. The Kier molecular flexibility index (Phi) is 4.47. The van der Waals surface area contributed by atoms with Crippen LogP contribution >= 0.6 is 11.8 Å². The fourth-order valence-corrected chi connectivity index (χ4v) is 3.46. The molecule has 1 aromatic rings. The number of carboxylic acids is 1. The van der Waals surface area contributed by atoms with Crippen molar-refractivity contribution in [3.05, 3.63) is 35.9 Å². The zero-order valence-electron chi connectivity index (χ0n) is 10.8. The average molecular weight is 279 g/mol. The normalized spacial score (nSPS) is 20.3. The van der Waals surface area contributed by atoms with Crippen LogP contribution in [-0.2, 0) is 9.59 Å². The summed E-state index contributed by atoms with van der Waals surface area (Å²) in [6.45, 7) is 1.95. The molecule has 1 aliphatic rings. The van der Waals surface area contributed by atoms with Gasteiger partial charge in [0, 0.05) is 5.75 Å². The van der Waals surface area contributed by atoms with E-state index in [1.807, 2.05) is 37.3 Å². The van der Waals surface area contributed by atoms with Gasteiger partial charge in [0.05, 0.1) is 11.8 Å². The lowest BCUT2D eigenvalue weighted by Gasteiger charge is -2.25. The fourth-order valence-electron chi connectivity index (χ4n) is 2.30. The van der Waals surface area contributed by atoms with Crippen molar-refractivity contribution >= 4 is 23.6 Å². The first-order valence-electron chi connectivity index (χ1n) is 6.31. The summed E-state index contributed by atoms with van der Waals surface area (Å²) < 4.78 is 0. The van der Waals surface area contributed by atoms with E-state index in [2.05, 4.69) is 0 Å². The number of carbonyl (C=O) groups excluding carboxylic acids is 1. The lowest BCUT2D eigenvalue weighted by Crippen LogP contribution is -2.43. The second kappa shape index (κ2) is 6.10. The Morgan fingerprint density at radius 1 is 1.42 bits per heavy atom. The summed E-state index contributed by atoms with van der Waals surface area (Å²) in [5, 5.41) is 9.15. The average Bonchev–Trinajstić information content (AvgIpc) is 2.90. The summed E-state index contributed by atoms with van der Waals surface area (Å²) in [5.41, 5.74) is 0.955. The van der Waals surface area contributed by atoms with Crippen LogP contribution in [0.15, 0.2) is 30.3 Å². The number of aliphatic carboxylic acids is 1. The van der Waals surface area contributed by atoms with Gasteiger partial charge in [0.25, 0.3) is 0 Å². The smallest absolute Gasteiger partial charge is 0.327 e. The maximum Gasteiger partial charge on any atom is 0.327 e. The third kappa shape index (κ3) is 2.92. The standard InChI is InChI=1S/C14H17NO3S/c1-2-11(10-6-4-3-5-7-10)13(16)15-9-19-8-12(15)14(17)18/h3-7,11-12H,2,8-9H2,1H3,(H,17,18). The quantitative estimate of drug-likeness (QED) is 0.917. The minimum atomic E-state index is -0.915. The van der Waals surface area contributed by atoms with Crippen molar-refractivity contribution in [1.82, 2.24) is 4.90 Å². The van der Waals surface area contributed by atoms with Gasteiger partial charge in [-0.3, -0.25) is 4.79 Å². The Labute approximate surface area is 116 Å². The third-order valence-electron chi connectivity index (χ3n) is 3.36. The summed E-state index contributed by atoms with van der Waals surface area (Å²) >= 11 is 1.49. The van der Waals surface area contributed by atoms with E-state index >= 15 is 0 Å². The summed E-state index contributed by atoms with van der Waals surface area (Å²) in [5.74, 6) is -0.292. The van der Waals surface area contributed by atoms with E-state index < -0.39 is 12.0 Å². The van der Waals surface area contributed by atoms with E-state index in [-0.39, 0.29) is 11.8 Å². The van der Waals surface area contributed by atoms with Gasteiger partial charge in [-0.25, -0.2) is 4.79 Å². The van der Waals surface area contributed by atoms with E-state index in [9.17, 15) is 9.59 Å². The topological polar surface area (TPSA) is 57.6 Å². The molecule has 19 heavy (non-hydrogen) atoms. The molecule has 4 nitrogen and oxygen atoms in total. The number of hydrogen-bond donors (Lipinski definition) is 1. The van der Waals surface area contributed by atoms with Crippen molar-refractivity contribution in [2.24, 2.45) is 0 Å². The first-order valence-corrected chi connectivity index (χ1v) is 7.46. The molecule has 0 radical (unpaired) electrons. The molecule has 2 rings (SSSR count). The summed E-state index contributed by atoms with van der Waals surface area (Å²) in [6.07, 6.45) is 0.677. The fraction of sp³-hybridized carbons (Fsp3) is 0.429. The summed E-state index contributed by atoms with van der Waals surface area (Å²) in [6, 6.07) is 8.87. The van der Waals surface area contributed by atoms with Crippen molar-refractivity contribution in [3.8, 4) is 0 Å². The summed E-state index contributed by atoms with van der Waals surface area (Å²) in [4.78, 5) is 25.2. The van der Waals surface area contributed by atoms with E-state index in [0.29, 0.717) is 18.1 Å². The summed E-state index contributed by atoms with van der Waals surface area (Å²) in [7, 11) is 0. The molecule has 1 fully saturated rings. The van der Waals surface area contributed by atoms with Gasteiger partial charge in [-0.2, -0.15) is 0 Å². The molecule has 1 heterocycles. The highest BCUT2D eigenvalue weighted by atomic mass is 32.2. The van der Waals surface area contributed by atoms with Crippen LogP contribution in [0.5, 0.6) is 0 Å². The van der Waals surface area contributed by atoms with Gasteiger partial charge in [-0.15, -0.1) is 11.8 Å². The Bertz CT molecular complexity index is 463. The molecule has 1 N–H and O–H groups in total. The van der Waals surface area contributed by atoms with Crippen LogP contribution in [0.1, 0.15) is 24.8 Å². The van der Waals surface area contributed by atoms with Crippen molar-refractivity contribution in [2.75, 3.05) is 11.6 Å². The zero-order chi connectivity index (χ0) is 13.8. The van der Waals surface area contributed by atoms with Gasteiger partial charge in [-0.1, -0.05) is 37.3 Å². The Morgan fingerprint density at radius 2 is 2.11 bits per heavy atom. The van der Waals surface area contributed by atoms with Crippen LogP contribution in [0.2, 0.25) is 0 Å². The Morgan fingerprint density at radius 3 is 2.68 bits per heavy atom. The molecule has 0 bridgehead atoms. The zero-order valence-corrected chi connectivity index (χ0v) is 11.6. The molecule has 5 heteroatoms. The number of thioether (sulfide) groups is 1. The van der Waals surface area contributed by atoms with Crippen molar-refractivity contribution < 1.29 is 14.7 Å². The third-order valence-corrected chi connectivity index (χ3v) is 4.37. The van der Waals surface area contributed by atoms with Crippen LogP contribution in [0.4, 0.5) is 0 Å². The minimum absolute atomic E-state index is 0.0777. The molecule has 1 amide bonds. The van der Waals surface area contributed by atoms with Gasteiger partial charge in [0.15, 0.2) is 0 Å². The molecule has 1 aromatic carbocycles. The highest BCUT2D eigenvalue weighted by Gasteiger charge is 2.37. The minimum Gasteiger partial charge on any atom is -0.480 e. The van der Waals surface area contributed by atoms with Gasteiger partial charge in [-0.05, 0) is 12.0 Å². The van der Waals surface area contributed by atoms with Crippen LogP contribution in [0, 0.1) is 0 Å². The molecule has 0 saturated carbocycles. The van der Waals surface area contributed by atoms with Crippen LogP contribution in [0.3, 0.4) is 0 Å². The van der Waals surface area contributed by atoms with Crippen LogP contribution < -0.4 is 0 Å². The van der Waals surface area contributed by atoms with Gasteiger partial charge in [0.2, 0.25) is 5.91 Å². The maximum absolute atomic E-state index is 12.5. The number of hydrogen-bond acceptors (Lipinski definition) is 3. The van der Waals surface area contributed by atoms with E-state index in [1.54, 1.807) is 0 Å². The predicted octanol–water partition coefficient (Wildman–Crippen LogP) is 2.17. The molecule has 1 aliphatic heterocycles. The molecule has 1 saturated heterocycles. The highest BCUT2D eigenvalue weighted by molar-refractivity contribution is 7.99. The predicted molar refractivity (Wildman–Crippen MR) is 75.1 cm³/mol. The molecule has 2 unspecified atom stereocenters. The van der Waals surface area contributed by atoms with Crippen molar-refractivity contribution in [3.63, 3.8) is 0 Å². The van der Waals surface area contributed by atoms with Crippen molar-refractivity contribution in [1.29, 1.82) is 0 Å². The van der Waals surface area contributed by atoms with Crippen LogP contribution in [0.25, 0.3) is 0 Å². The second-order valence-corrected chi connectivity index (χ2v) is 5.53. The largest absolute Gasteiger partial charge is 0.480 e. The molecular formula is C14H17NO3S. The lowest BCUT2D eigenvalue weighted by molar-refractivity contribution is -0.148. The number of rotatable bonds is 4. The second-order valence-electron chi connectivity index (χ2n) is 4.53. The molecular weight excluding hydrogens is 262 g/mol. The number of benzene rings is 1. The van der Waals surface area contributed by atoms with Crippen LogP contribution in [-0.4, -0.2) is 39.6 Å².